The van der Waals surface area contributed by atoms with Gasteiger partial charge < -0.3 is 10.6 Å². The summed E-state index contributed by atoms with van der Waals surface area (Å²) < 4.78 is 1.52. The third-order valence-corrected chi connectivity index (χ3v) is 3.74. The topological polar surface area (TPSA) is 93.4 Å². The fourth-order valence-electron chi connectivity index (χ4n) is 2.70. The molecule has 112 valence electrons. The van der Waals surface area contributed by atoms with Crippen molar-refractivity contribution in [3.63, 3.8) is 0 Å². The number of rotatable bonds is 4. The molecule has 1 saturated carbocycles. The predicted octanol–water partition coefficient (Wildman–Crippen LogP) is 1.48. The molecule has 21 heavy (non-hydrogen) atoms. The van der Waals surface area contributed by atoms with Crippen LogP contribution in [0.5, 0.6) is 0 Å². The van der Waals surface area contributed by atoms with Crippen molar-refractivity contribution < 1.29 is 0 Å². The van der Waals surface area contributed by atoms with Gasteiger partial charge in [-0.25, -0.2) is 4.98 Å². The molecule has 2 atom stereocenters. The molecule has 2 aromatic rings. The molecule has 1 aliphatic rings. The van der Waals surface area contributed by atoms with Gasteiger partial charge in [-0.3, -0.25) is 0 Å². The van der Waals surface area contributed by atoms with E-state index in [0.29, 0.717) is 23.9 Å². The van der Waals surface area contributed by atoms with E-state index in [9.17, 15) is 0 Å². The summed E-state index contributed by atoms with van der Waals surface area (Å²) in [5.41, 5.74) is 0. The minimum absolute atomic E-state index is 0.421. The third kappa shape index (κ3) is 3.26. The van der Waals surface area contributed by atoms with Crippen LogP contribution in [-0.4, -0.2) is 42.8 Å². The SMILES string of the molecule is CNc1nc(NC2CCCC(C)C2)nc(-n2cncn2)n1. The molecule has 0 bridgehead atoms. The Morgan fingerprint density at radius 2 is 2.05 bits per heavy atom. The zero-order valence-electron chi connectivity index (χ0n) is 12.3. The van der Waals surface area contributed by atoms with Crippen molar-refractivity contribution in [3.05, 3.63) is 12.7 Å². The summed E-state index contributed by atoms with van der Waals surface area (Å²) in [6, 6.07) is 0.421. The van der Waals surface area contributed by atoms with Gasteiger partial charge in [0, 0.05) is 13.1 Å². The van der Waals surface area contributed by atoms with Crippen LogP contribution in [0.25, 0.3) is 5.95 Å². The lowest BCUT2D eigenvalue weighted by molar-refractivity contribution is 0.357. The smallest absolute Gasteiger partial charge is 0.258 e. The number of aromatic nitrogens is 6. The van der Waals surface area contributed by atoms with E-state index in [-0.39, 0.29) is 0 Å². The van der Waals surface area contributed by atoms with E-state index < -0.39 is 0 Å². The maximum atomic E-state index is 4.43. The van der Waals surface area contributed by atoms with E-state index in [4.69, 9.17) is 0 Å². The van der Waals surface area contributed by atoms with Crippen molar-refractivity contribution in [2.45, 2.75) is 38.6 Å². The Bertz CT molecular complexity index is 582. The zero-order valence-corrected chi connectivity index (χ0v) is 12.3. The lowest BCUT2D eigenvalue weighted by Gasteiger charge is -2.27. The molecule has 0 radical (unpaired) electrons. The Morgan fingerprint density at radius 1 is 1.19 bits per heavy atom. The summed E-state index contributed by atoms with van der Waals surface area (Å²) in [5.74, 6) is 2.30. The molecule has 1 fully saturated rings. The molecular formula is C13H20N8. The van der Waals surface area contributed by atoms with Crippen molar-refractivity contribution in [1.29, 1.82) is 0 Å². The van der Waals surface area contributed by atoms with Crippen LogP contribution in [0.4, 0.5) is 11.9 Å². The van der Waals surface area contributed by atoms with Gasteiger partial charge >= 0.3 is 0 Å². The van der Waals surface area contributed by atoms with Crippen molar-refractivity contribution in [2.24, 2.45) is 5.92 Å². The van der Waals surface area contributed by atoms with Gasteiger partial charge in [-0.1, -0.05) is 19.8 Å². The highest BCUT2D eigenvalue weighted by Crippen LogP contribution is 2.25. The lowest BCUT2D eigenvalue weighted by atomic mass is 9.87. The van der Waals surface area contributed by atoms with Gasteiger partial charge in [0.1, 0.15) is 12.7 Å². The van der Waals surface area contributed by atoms with E-state index in [0.717, 1.165) is 18.8 Å². The van der Waals surface area contributed by atoms with Gasteiger partial charge in [-0.2, -0.15) is 24.7 Å². The van der Waals surface area contributed by atoms with Gasteiger partial charge in [-0.15, -0.1) is 0 Å². The summed E-state index contributed by atoms with van der Waals surface area (Å²) in [7, 11) is 1.78. The summed E-state index contributed by atoms with van der Waals surface area (Å²) >= 11 is 0. The van der Waals surface area contributed by atoms with Crippen LogP contribution in [0.3, 0.4) is 0 Å². The summed E-state index contributed by atoms with van der Waals surface area (Å²) in [6.07, 6.45) is 7.89. The Balaban J connectivity index is 1.82. The average Bonchev–Trinajstić information content (AvgIpc) is 3.01. The quantitative estimate of drug-likeness (QED) is 0.880. The molecule has 2 aromatic heterocycles. The van der Waals surface area contributed by atoms with E-state index in [1.54, 1.807) is 13.4 Å². The van der Waals surface area contributed by atoms with E-state index in [1.807, 2.05) is 0 Å². The normalized spacial score (nSPS) is 22.0. The molecule has 1 aliphatic carbocycles. The Labute approximate surface area is 123 Å². The summed E-state index contributed by atoms with van der Waals surface area (Å²) in [5, 5.41) is 10.4. The monoisotopic (exact) mass is 288 g/mol. The summed E-state index contributed by atoms with van der Waals surface area (Å²) in [4.78, 5) is 17.0. The molecular weight excluding hydrogens is 268 g/mol. The molecule has 2 unspecified atom stereocenters. The van der Waals surface area contributed by atoms with E-state index in [2.05, 4.69) is 42.6 Å². The lowest BCUT2D eigenvalue weighted by Crippen LogP contribution is -2.27. The second-order valence-corrected chi connectivity index (χ2v) is 5.49. The van der Waals surface area contributed by atoms with Crippen LogP contribution < -0.4 is 10.6 Å². The van der Waals surface area contributed by atoms with Crippen molar-refractivity contribution in [1.82, 2.24) is 29.7 Å². The Morgan fingerprint density at radius 3 is 2.76 bits per heavy atom. The standard InChI is InChI=1S/C13H20N8/c1-9-4-3-5-10(6-9)17-12-18-11(14-2)19-13(20-12)21-8-15-7-16-21/h7-10H,3-6H2,1-2H3,(H2,14,17,18,19,20). The van der Waals surface area contributed by atoms with Crippen LogP contribution in [0.2, 0.25) is 0 Å². The first kappa shape index (κ1) is 13.7. The van der Waals surface area contributed by atoms with Crippen LogP contribution in [0.15, 0.2) is 12.7 Å². The highest BCUT2D eigenvalue weighted by atomic mass is 15.4. The van der Waals surface area contributed by atoms with Gasteiger partial charge in [0.15, 0.2) is 0 Å². The molecule has 2 heterocycles. The van der Waals surface area contributed by atoms with Crippen molar-refractivity contribution >= 4 is 11.9 Å². The molecule has 0 amide bonds. The number of nitrogens with one attached hydrogen (secondary N) is 2. The molecule has 2 N–H and O–H groups in total. The maximum Gasteiger partial charge on any atom is 0.258 e. The fourth-order valence-corrected chi connectivity index (χ4v) is 2.70. The number of hydrogen-bond donors (Lipinski definition) is 2. The molecule has 0 aromatic carbocycles. The van der Waals surface area contributed by atoms with Gasteiger partial charge in [0.05, 0.1) is 0 Å². The number of hydrogen-bond acceptors (Lipinski definition) is 7. The minimum atomic E-state index is 0.421. The molecule has 0 spiro atoms. The van der Waals surface area contributed by atoms with Crippen molar-refractivity contribution in [2.75, 3.05) is 17.7 Å². The Hall–Kier alpha value is -2.25. The van der Waals surface area contributed by atoms with Crippen LogP contribution in [0, 0.1) is 5.92 Å². The molecule has 8 heteroatoms. The largest absolute Gasteiger partial charge is 0.357 e. The predicted molar refractivity (Wildman–Crippen MR) is 79.3 cm³/mol. The fraction of sp³-hybridized carbons (Fsp3) is 0.615. The molecule has 8 nitrogen and oxygen atoms in total. The highest BCUT2D eigenvalue weighted by molar-refractivity contribution is 5.37. The first-order valence-electron chi connectivity index (χ1n) is 7.30. The van der Waals surface area contributed by atoms with E-state index >= 15 is 0 Å². The first-order chi connectivity index (χ1) is 10.2. The van der Waals surface area contributed by atoms with Crippen LogP contribution >= 0.6 is 0 Å². The minimum Gasteiger partial charge on any atom is -0.357 e. The van der Waals surface area contributed by atoms with Crippen molar-refractivity contribution in [3.8, 4) is 5.95 Å². The molecule has 0 aliphatic heterocycles. The van der Waals surface area contributed by atoms with Gasteiger partial charge in [-0.05, 0) is 18.8 Å². The number of anilines is 2. The average molecular weight is 288 g/mol. The van der Waals surface area contributed by atoms with Crippen LogP contribution in [0.1, 0.15) is 32.6 Å². The zero-order chi connectivity index (χ0) is 14.7. The van der Waals surface area contributed by atoms with Crippen LogP contribution in [-0.2, 0) is 0 Å². The van der Waals surface area contributed by atoms with Gasteiger partial charge in [0.25, 0.3) is 5.95 Å². The van der Waals surface area contributed by atoms with Gasteiger partial charge in [0.2, 0.25) is 11.9 Å². The summed E-state index contributed by atoms with van der Waals surface area (Å²) in [6.45, 7) is 2.29. The maximum absolute atomic E-state index is 4.43. The van der Waals surface area contributed by atoms with E-state index in [1.165, 1.54) is 23.9 Å². The second-order valence-electron chi connectivity index (χ2n) is 5.49. The first-order valence-corrected chi connectivity index (χ1v) is 7.30. The molecule has 0 saturated heterocycles. The second kappa shape index (κ2) is 6.02. The highest BCUT2D eigenvalue weighted by Gasteiger charge is 2.20. The third-order valence-electron chi connectivity index (χ3n) is 3.74. The molecule has 3 rings (SSSR count). The Kier molecular flexibility index (Phi) is 3.94. The number of nitrogens with zero attached hydrogens (tertiary/aromatic N) is 6.